The van der Waals surface area contributed by atoms with Gasteiger partial charge in [0.2, 0.25) is 0 Å². The van der Waals surface area contributed by atoms with Gasteiger partial charge in [0.25, 0.3) is 0 Å². The van der Waals surface area contributed by atoms with Crippen molar-refractivity contribution in [1.29, 1.82) is 0 Å². The van der Waals surface area contributed by atoms with Crippen molar-refractivity contribution in [2.75, 3.05) is 13.2 Å². The van der Waals surface area contributed by atoms with Gasteiger partial charge in [-0.3, -0.25) is 4.79 Å². The number of hydrogen-bond donors (Lipinski definition) is 1. The van der Waals surface area contributed by atoms with Crippen LogP contribution < -0.4 is 14.9 Å². The molecule has 6 nitrogen and oxygen atoms in total. The normalized spacial score (nSPS) is 10.8. The summed E-state index contributed by atoms with van der Waals surface area (Å²) in [5.41, 5.74) is 3.85. The van der Waals surface area contributed by atoms with E-state index >= 15 is 0 Å². The van der Waals surface area contributed by atoms with Gasteiger partial charge >= 0.3 is 5.91 Å². The number of furan rings is 1. The van der Waals surface area contributed by atoms with E-state index in [1.54, 1.807) is 18.2 Å². The van der Waals surface area contributed by atoms with Crippen molar-refractivity contribution in [2.24, 2.45) is 5.10 Å². The maximum Gasteiger partial charge on any atom is 0.307 e. The van der Waals surface area contributed by atoms with Gasteiger partial charge in [-0.1, -0.05) is 24.1 Å². The zero-order valence-corrected chi connectivity index (χ0v) is 17.2. The minimum Gasteiger partial charge on any atom is -0.490 e. The largest absolute Gasteiger partial charge is 0.490 e. The SMILES string of the molecule is C#CCOc1c(I)cc(/C=N/NC(=O)c2cc3ccccc3o2)cc1OCC. The molecule has 28 heavy (non-hydrogen) atoms. The Morgan fingerprint density at radius 1 is 1.32 bits per heavy atom. The highest BCUT2D eigenvalue weighted by Crippen LogP contribution is 2.33. The third-order valence-electron chi connectivity index (χ3n) is 3.66. The lowest BCUT2D eigenvalue weighted by atomic mass is 10.2. The summed E-state index contributed by atoms with van der Waals surface area (Å²) in [6, 6.07) is 12.7. The molecule has 0 aliphatic rings. The molecule has 3 rings (SSSR count). The summed E-state index contributed by atoms with van der Waals surface area (Å²) in [5.74, 6) is 3.35. The smallest absolute Gasteiger partial charge is 0.307 e. The van der Waals surface area contributed by atoms with Crippen LogP contribution in [-0.2, 0) is 0 Å². The summed E-state index contributed by atoms with van der Waals surface area (Å²) in [5, 5.41) is 4.86. The van der Waals surface area contributed by atoms with Gasteiger partial charge in [0.05, 0.1) is 16.4 Å². The fourth-order valence-corrected chi connectivity index (χ4v) is 3.27. The molecule has 0 spiro atoms. The van der Waals surface area contributed by atoms with Gasteiger partial charge < -0.3 is 13.9 Å². The Labute approximate surface area is 176 Å². The van der Waals surface area contributed by atoms with E-state index in [0.29, 0.717) is 23.7 Å². The molecule has 3 aromatic rings. The van der Waals surface area contributed by atoms with Gasteiger partial charge in [0.15, 0.2) is 17.3 Å². The number of para-hydroxylation sites is 1. The topological polar surface area (TPSA) is 73.1 Å². The van der Waals surface area contributed by atoms with Crippen molar-refractivity contribution in [3.8, 4) is 23.8 Å². The highest BCUT2D eigenvalue weighted by molar-refractivity contribution is 14.1. The third kappa shape index (κ3) is 4.64. The Morgan fingerprint density at radius 3 is 2.89 bits per heavy atom. The maximum absolute atomic E-state index is 12.2. The molecular weight excluding hydrogens is 471 g/mol. The lowest BCUT2D eigenvalue weighted by Gasteiger charge is -2.13. The van der Waals surface area contributed by atoms with Crippen LogP contribution in [0, 0.1) is 15.9 Å². The van der Waals surface area contributed by atoms with Crippen molar-refractivity contribution in [2.45, 2.75) is 6.92 Å². The summed E-state index contributed by atoms with van der Waals surface area (Å²) in [6.07, 6.45) is 6.78. The Balaban J connectivity index is 1.74. The molecule has 0 saturated heterocycles. The van der Waals surface area contributed by atoms with E-state index < -0.39 is 5.91 Å². The molecule has 0 unspecified atom stereocenters. The number of nitrogens with zero attached hydrogens (tertiary/aromatic N) is 1. The van der Waals surface area contributed by atoms with Crippen molar-refractivity contribution in [3.05, 3.63) is 57.4 Å². The molecule has 1 aromatic heterocycles. The predicted octanol–water partition coefficient (Wildman–Crippen LogP) is 4.21. The number of nitrogens with one attached hydrogen (secondary N) is 1. The van der Waals surface area contributed by atoms with Crippen LogP contribution in [0.2, 0.25) is 0 Å². The number of terminal acetylenes is 1. The van der Waals surface area contributed by atoms with Crippen molar-refractivity contribution in [3.63, 3.8) is 0 Å². The lowest BCUT2D eigenvalue weighted by molar-refractivity contribution is 0.0929. The molecule has 0 aliphatic carbocycles. The molecule has 0 saturated carbocycles. The van der Waals surface area contributed by atoms with Crippen LogP contribution in [-0.4, -0.2) is 25.3 Å². The Hall–Kier alpha value is -2.99. The summed E-state index contributed by atoms with van der Waals surface area (Å²) >= 11 is 2.14. The summed E-state index contributed by atoms with van der Waals surface area (Å²) in [4.78, 5) is 12.2. The molecule has 1 N–H and O–H groups in total. The number of amides is 1. The highest BCUT2D eigenvalue weighted by atomic mass is 127. The average Bonchev–Trinajstić information content (AvgIpc) is 3.12. The molecule has 0 bridgehead atoms. The average molecular weight is 488 g/mol. The van der Waals surface area contributed by atoms with Gasteiger partial charge in [-0.2, -0.15) is 5.10 Å². The maximum atomic E-state index is 12.2. The van der Waals surface area contributed by atoms with E-state index in [4.69, 9.17) is 20.3 Å². The van der Waals surface area contributed by atoms with Crippen LogP contribution >= 0.6 is 22.6 Å². The first-order valence-corrected chi connectivity index (χ1v) is 9.54. The molecule has 1 amide bonds. The standard InChI is InChI=1S/C21H17IN2O4/c1-3-9-27-20-16(22)10-14(11-18(20)26-4-2)13-23-24-21(25)19-12-15-7-5-6-8-17(15)28-19/h1,5-8,10-13H,4,9H2,2H3,(H,24,25)/b23-13+. The van der Waals surface area contributed by atoms with E-state index in [9.17, 15) is 4.79 Å². The van der Waals surface area contributed by atoms with E-state index in [-0.39, 0.29) is 12.4 Å². The van der Waals surface area contributed by atoms with Crippen LogP contribution in [0.15, 0.2) is 52.0 Å². The van der Waals surface area contributed by atoms with E-state index in [0.717, 1.165) is 14.5 Å². The quantitative estimate of drug-likeness (QED) is 0.234. The Bertz CT molecular complexity index is 1030. The summed E-state index contributed by atoms with van der Waals surface area (Å²) < 4.78 is 17.5. The number of carbonyl (C=O) groups is 1. The van der Waals surface area contributed by atoms with Crippen molar-refractivity contribution >= 4 is 45.7 Å². The predicted molar refractivity (Wildman–Crippen MR) is 116 cm³/mol. The number of fused-ring (bicyclic) bond motifs is 1. The zero-order chi connectivity index (χ0) is 19.9. The number of benzene rings is 2. The second kappa shape index (κ2) is 9.28. The van der Waals surface area contributed by atoms with E-state index in [1.807, 2.05) is 31.2 Å². The minimum absolute atomic E-state index is 0.150. The monoisotopic (exact) mass is 488 g/mol. The molecule has 1 heterocycles. The fraction of sp³-hybridized carbons (Fsp3) is 0.143. The van der Waals surface area contributed by atoms with Crippen LogP contribution in [0.25, 0.3) is 11.0 Å². The molecule has 0 atom stereocenters. The lowest BCUT2D eigenvalue weighted by Crippen LogP contribution is -2.16. The van der Waals surface area contributed by atoms with Crippen molar-refractivity contribution < 1.29 is 18.7 Å². The molecule has 0 radical (unpaired) electrons. The molecule has 0 aliphatic heterocycles. The first kappa shape index (κ1) is 19.8. The van der Waals surface area contributed by atoms with Crippen molar-refractivity contribution in [1.82, 2.24) is 5.43 Å². The summed E-state index contributed by atoms with van der Waals surface area (Å²) in [6.45, 7) is 2.51. The Kier molecular flexibility index (Phi) is 6.55. The second-order valence-electron chi connectivity index (χ2n) is 5.60. The van der Waals surface area contributed by atoms with Crippen LogP contribution in [0.3, 0.4) is 0 Å². The fourth-order valence-electron chi connectivity index (χ4n) is 2.49. The first-order valence-electron chi connectivity index (χ1n) is 8.47. The van der Waals surface area contributed by atoms with E-state index in [1.165, 1.54) is 6.21 Å². The van der Waals surface area contributed by atoms with Crippen LogP contribution in [0.5, 0.6) is 11.5 Å². The number of hydrazone groups is 1. The Morgan fingerprint density at radius 2 is 2.14 bits per heavy atom. The number of rotatable bonds is 7. The molecule has 142 valence electrons. The number of carbonyl (C=O) groups excluding carboxylic acids is 1. The molecule has 0 fully saturated rings. The highest BCUT2D eigenvalue weighted by Gasteiger charge is 2.13. The van der Waals surface area contributed by atoms with Crippen LogP contribution in [0.1, 0.15) is 23.0 Å². The number of ether oxygens (including phenoxy) is 2. The van der Waals surface area contributed by atoms with Gasteiger partial charge in [-0.25, -0.2) is 5.43 Å². The van der Waals surface area contributed by atoms with E-state index in [2.05, 4.69) is 39.0 Å². The molecular formula is C21H17IN2O4. The van der Waals surface area contributed by atoms with Gasteiger partial charge in [-0.05, 0) is 59.3 Å². The zero-order valence-electron chi connectivity index (χ0n) is 15.1. The second-order valence-corrected chi connectivity index (χ2v) is 6.77. The molecule has 7 heteroatoms. The summed E-state index contributed by atoms with van der Waals surface area (Å²) in [7, 11) is 0. The number of halogens is 1. The minimum atomic E-state index is -0.429. The first-order chi connectivity index (χ1) is 13.6. The third-order valence-corrected chi connectivity index (χ3v) is 4.46. The number of hydrogen-bond acceptors (Lipinski definition) is 5. The molecule has 2 aromatic carbocycles. The van der Waals surface area contributed by atoms with Gasteiger partial charge in [0.1, 0.15) is 12.2 Å². The van der Waals surface area contributed by atoms with Gasteiger partial charge in [0, 0.05) is 5.39 Å². The van der Waals surface area contributed by atoms with Gasteiger partial charge in [-0.15, -0.1) is 6.42 Å². The van der Waals surface area contributed by atoms with Crippen LogP contribution in [0.4, 0.5) is 0 Å².